The number of benzene rings is 4. The van der Waals surface area contributed by atoms with Crippen LogP contribution in [0.1, 0.15) is 48.6 Å². The van der Waals surface area contributed by atoms with Crippen molar-refractivity contribution in [1.82, 2.24) is 0 Å². The molecule has 0 saturated carbocycles. The lowest BCUT2D eigenvalue weighted by molar-refractivity contribution is 0.398. The second-order valence-electron chi connectivity index (χ2n) is 9.40. The van der Waals surface area contributed by atoms with Gasteiger partial charge in [0, 0.05) is 22.3 Å². The van der Waals surface area contributed by atoms with Crippen molar-refractivity contribution in [3.63, 3.8) is 0 Å². The van der Waals surface area contributed by atoms with E-state index in [1.807, 2.05) is 18.2 Å². The maximum Gasteiger partial charge on any atom is 0.132 e. The van der Waals surface area contributed by atoms with Crippen molar-refractivity contribution in [2.24, 2.45) is 0 Å². The molecule has 2 heterocycles. The van der Waals surface area contributed by atoms with Crippen LogP contribution in [0.3, 0.4) is 0 Å². The molecular weight excluding hydrogens is 380 g/mol. The van der Waals surface area contributed by atoms with E-state index in [4.69, 9.17) is 9.47 Å². The Balaban J connectivity index is 1.78. The van der Waals surface area contributed by atoms with E-state index in [0.717, 1.165) is 45.3 Å². The van der Waals surface area contributed by atoms with Crippen LogP contribution in [0.15, 0.2) is 91.0 Å². The minimum Gasteiger partial charge on any atom is -0.457 e. The number of rotatable bonds is 0. The molecule has 0 aromatic heterocycles. The Kier molecular flexibility index (Phi) is 3.68. The van der Waals surface area contributed by atoms with E-state index in [-0.39, 0.29) is 5.41 Å². The third kappa shape index (κ3) is 2.45. The monoisotopic (exact) mass is 404 g/mol. The van der Waals surface area contributed by atoms with Crippen LogP contribution in [-0.2, 0) is 10.8 Å². The summed E-state index contributed by atoms with van der Waals surface area (Å²) in [6.07, 6.45) is 0. The second kappa shape index (κ2) is 6.24. The molecule has 2 heteroatoms. The molecule has 152 valence electrons. The average molecular weight is 405 g/mol. The molecule has 0 bridgehead atoms. The summed E-state index contributed by atoms with van der Waals surface area (Å²) in [5, 5.41) is 0. The largest absolute Gasteiger partial charge is 0.457 e. The third-order valence-electron chi connectivity index (χ3n) is 6.56. The molecule has 0 N–H and O–H groups in total. The van der Waals surface area contributed by atoms with Crippen molar-refractivity contribution >= 4 is 0 Å². The van der Waals surface area contributed by atoms with E-state index >= 15 is 0 Å². The number of ether oxygens (including phenoxy) is 2. The summed E-state index contributed by atoms with van der Waals surface area (Å²) < 4.78 is 12.9. The molecule has 0 fully saturated rings. The minimum atomic E-state index is -0.494. The SMILES string of the molecule is CC(C)(C)c1ccc2c(c1)Oc1ccccc1C21c2ccccc2Oc2ccccc21. The van der Waals surface area contributed by atoms with Crippen LogP contribution in [-0.4, -0.2) is 0 Å². The lowest BCUT2D eigenvalue weighted by atomic mass is 9.62. The van der Waals surface area contributed by atoms with E-state index in [1.54, 1.807) is 0 Å². The topological polar surface area (TPSA) is 18.5 Å². The molecule has 2 aliphatic heterocycles. The number of para-hydroxylation sites is 3. The van der Waals surface area contributed by atoms with Gasteiger partial charge < -0.3 is 9.47 Å². The Hall–Kier alpha value is -3.52. The van der Waals surface area contributed by atoms with Crippen LogP contribution >= 0.6 is 0 Å². The first-order valence-corrected chi connectivity index (χ1v) is 10.8. The highest BCUT2D eigenvalue weighted by Gasteiger charge is 2.50. The summed E-state index contributed by atoms with van der Waals surface area (Å²) >= 11 is 0. The molecule has 4 aromatic carbocycles. The van der Waals surface area contributed by atoms with Crippen molar-refractivity contribution < 1.29 is 9.47 Å². The van der Waals surface area contributed by atoms with Gasteiger partial charge in [-0.05, 0) is 35.2 Å². The van der Waals surface area contributed by atoms with Crippen molar-refractivity contribution in [2.45, 2.75) is 31.6 Å². The highest BCUT2D eigenvalue weighted by Crippen LogP contribution is 2.61. The molecule has 0 amide bonds. The van der Waals surface area contributed by atoms with Gasteiger partial charge in [0.05, 0.1) is 5.41 Å². The zero-order valence-electron chi connectivity index (χ0n) is 18.0. The van der Waals surface area contributed by atoms with E-state index < -0.39 is 5.41 Å². The third-order valence-corrected chi connectivity index (χ3v) is 6.56. The predicted molar refractivity (Wildman–Crippen MR) is 124 cm³/mol. The van der Waals surface area contributed by atoms with Gasteiger partial charge in [0.1, 0.15) is 23.0 Å². The fraction of sp³-hybridized carbons (Fsp3) is 0.172. The van der Waals surface area contributed by atoms with Gasteiger partial charge in [-0.25, -0.2) is 0 Å². The molecule has 0 radical (unpaired) electrons. The Morgan fingerprint density at radius 2 is 0.935 bits per heavy atom. The normalized spacial score (nSPS) is 15.1. The van der Waals surface area contributed by atoms with Crippen LogP contribution in [0, 0.1) is 0 Å². The molecule has 0 saturated heterocycles. The molecule has 0 unspecified atom stereocenters. The molecule has 4 aromatic rings. The highest BCUT2D eigenvalue weighted by molar-refractivity contribution is 5.75. The van der Waals surface area contributed by atoms with Crippen LogP contribution in [0.4, 0.5) is 0 Å². The summed E-state index contributed by atoms with van der Waals surface area (Å²) in [5.74, 6) is 3.60. The van der Waals surface area contributed by atoms with Gasteiger partial charge in [-0.1, -0.05) is 87.5 Å². The zero-order valence-corrected chi connectivity index (χ0v) is 18.0. The van der Waals surface area contributed by atoms with Gasteiger partial charge in [0.15, 0.2) is 0 Å². The molecule has 2 aliphatic rings. The quantitative estimate of drug-likeness (QED) is 0.260. The number of hydrogen-bond donors (Lipinski definition) is 0. The van der Waals surface area contributed by atoms with E-state index in [1.165, 1.54) is 5.56 Å². The summed E-state index contributed by atoms with van der Waals surface area (Å²) in [7, 11) is 0. The van der Waals surface area contributed by atoms with E-state index in [9.17, 15) is 0 Å². The van der Waals surface area contributed by atoms with Gasteiger partial charge in [-0.3, -0.25) is 0 Å². The van der Waals surface area contributed by atoms with Gasteiger partial charge in [-0.2, -0.15) is 0 Å². The first-order valence-electron chi connectivity index (χ1n) is 10.8. The second-order valence-corrected chi connectivity index (χ2v) is 9.40. The van der Waals surface area contributed by atoms with Gasteiger partial charge in [-0.15, -0.1) is 0 Å². The summed E-state index contributed by atoms with van der Waals surface area (Å²) in [6, 6.07) is 31.9. The Bertz CT molecular complexity index is 1260. The lowest BCUT2D eigenvalue weighted by Crippen LogP contribution is -2.36. The molecule has 0 atom stereocenters. The summed E-state index contributed by atoms with van der Waals surface area (Å²) in [6.45, 7) is 6.71. The molecule has 0 aliphatic carbocycles. The van der Waals surface area contributed by atoms with Crippen LogP contribution in [0.2, 0.25) is 0 Å². The molecule has 6 rings (SSSR count). The fourth-order valence-corrected chi connectivity index (χ4v) is 5.09. The average Bonchev–Trinajstić information content (AvgIpc) is 2.78. The van der Waals surface area contributed by atoms with Crippen LogP contribution in [0.5, 0.6) is 23.0 Å². The van der Waals surface area contributed by atoms with Crippen molar-refractivity contribution in [2.75, 3.05) is 0 Å². The maximum absolute atomic E-state index is 6.53. The molecule has 31 heavy (non-hydrogen) atoms. The maximum atomic E-state index is 6.53. The Labute approximate surface area is 183 Å². The van der Waals surface area contributed by atoms with Crippen molar-refractivity contribution in [3.8, 4) is 23.0 Å². The first kappa shape index (κ1) is 18.3. The van der Waals surface area contributed by atoms with Gasteiger partial charge in [0.2, 0.25) is 0 Å². The first-order chi connectivity index (χ1) is 15.0. The zero-order chi connectivity index (χ0) is 21.2. The molecule has 1 spiro atoms. The summed E-state index contributed by atoms with van der Waals surface area (Å²) in [5.41, 5.74) is 5.40. The predicted octanol–water partition coefficient (Wildman–Crippen LogP) is 7.58. The lowest BCUT2D eigenvalue weighted by Gasteiger charge is -2.45. The van der Waals surface area contributed by atoms with Gasteiger partial charge >= 0.3 is 0 Å². The number of fused-ring (bicyclic) bond motifs is 8. The van der Waals surface area contributed by atoms with E-state index in [0.29, 0.717) is 0 Å². The summed E-state index contributed by atoms with van der Waals surface area (Å²) in [4.78, 5) is 0. The van der Waals surface area contributed by atoms with Crippen LogP contribution in [0.25, 0.3) is 0 Å². The highest BCUT2D eigenvalue weighted by atomic mass is 16.5. The Morgan fingerprint density at radius 1 is 0.516 bits per heavy atom. The van der Waals surface area contributed by atoms with Crippen molar-refractivity contribution in [1.29, 1.82) is 0 Å². The smallest absolute Gasteiger partial charge is 0.132 e. The Morgan fingerprint density at radius 3 is 1.42 bits per heavy atom. The standard InChI is InChI=1S/C29H24O2/c1-28(2,3)19-16-17-23-27(18-19)31-26-15-9-6-12-22(26)29(23)20-10-4-7-13-24(20)30-25-14-8-5-11-21(25)29/h4-18H,1-3H3. The number of hydrogen-bond acceptors (Lipinski definition) is 2. The van der Waals surface area contributed by atoms with Crippen LogP contribution < -0.4 is 9.47 Å². The van der Waals surface area contributed by atoms with Crippen molar-refractivity contribution in [3.05, 3.63) is 119 Å². The van der Waals surface area contributed by atoms with E-state index in [2.05, 4.69) is 93.6 Å². The van der Waals surface area contributed by atoms with Gasteiger partial charge in [0.25, 0.3) is 0 Å². The minimum absolute atomic E-state index is 0.0357. The fourth-order valence-electron chi connectivity index (χ4n) is 5.09. The molecule has 2 nitrogen and oxygen atoms in total. The molecular formula is C29H24O2.